The van der Waals surface area contributed by atoms with Gasteiger partial charge >= 0.3 is 5.97 Å². The maximum atomic E-state index is 11.3. The molecule has 19 heavy (non-hydrogen) atoms. The number of unbranched alkanes of at least 4 members (excludes halogenated alkanes) is 2. The van der Waals surface area contributed by atoms with Crippen molar-refractivity contribution in [2.75, 3.05) is 33.0 Å². The Bertz CT molecular complexity index is 226. The molecule has 0 amide bonds. The van der Waals surface area contributed by atoms with E-state index in [2.05, 4.69) is 0 Å². The molecular formula is C14H29NO4. The van der Waals surface area contributed by atoms with Crippen molar-refractivity contribution in [1.82, 2.24) is 0 Å². The molecule has 5 heteroatoms. The van der Waals surface area contributed by atoms with Gasteiger partial charge in [0, 0.05) is 19.8 Å². The van der Waals surface area contributed by atoms with Crippen LogP contribution in [0.3, 0.4) is 0 Å². The number of carbonyl (C=O) groups is 1. The van der Waals surface area contributed by atoms with Gasteiger partial charge in [-0.2, -0.15) is 0 Å². The van der Waals surface area contributed by atoms with E-state index >= 15 is 0 Å². The van der Waals surface area contributed by atoms with Crippen LogP contribution in [0.15, 0.2) is 0 Å². The van der Waals surface area contributed by atoms with Crippen molar-refractivity contribution in [3.63, 3.8) is 0 Å². The van der Waals surface area contributed by atoms with Gasteiger partial charge in [-0.05, 0) is 53.0 Å². The second-order valence-electron chi connectivity index (χ2n) is 5.45. The van der Waals surface area contributed by atoms with E-state index in [9.17, 15) is 4.79 Å². The van der Waals surface area contributed by atoms with Crippen LogP contribution in [0.5, 0.6) is 0 Å². The summed E-state index contributed by atoms with van der Waals surface area (Å²) in [6, 6.07) is 0. The highest BCUT2D eigenvalue weighted by Crippen LogP contribution is 2.06. The minimum atomic E-state index is -0.451. The number of nitrogens with two attached hydrogens (primary N) is 1. The van der Waals surface area contributed by atoms with Crippen LogP contribution in [-0.2, 0) is 19.0 Å². The molecule has 0 aliphatic heterocycles. The van der Waals surface area contributed by atoms with Crippen LogP contribution in [0.25, 0.3) is 0 Å². The summed E-state index contributed by atoms with van der Waals surface area (Å²) in [6.45, 7) is 8.22. The topological polar surface area (TPSA) is 70.8 Å². The van der Waals surface area contributed by atoms with E-state index in [1.807, 2.05) is 20.8 Å². The fourth-order valence-corrected chi connectivity index (χ4v) is 1.42. The first-order chi connectivity index (χ1) is 8.95. The van der Waals surface area contributed by atoms with Crippen LogP contribution < -0.4 is 5.73 Å². The summed E-state index contributed by atoms with van der Waals surface area (Å²) in [5.41, 5.74) is 4.94. The van der Waals surface area contributed by atoms with Gasteiger partial charge in [0.2, 0.25) is 0 Å². The van der Waals surface area contributed by atoms with E-state index in [-0.39, 0.29) is 12.6 Å². The Morgan fingerprint density at radius 3 is 2.21 bits per heavy atom. The summed E-state index contributed by atoms with van der Waals surface area (Å²) in [6.07, 6.45) is 4.02. The normalized spacial score (nSPS) is 11.6. The number of rotatable bonds is 11. The van der Waals surface area contributed by atoms with Gasteiger partial charge in [0.15, 0.2) is 0 Å². The second-order valence-corrected chi connectivity index (χ2v) is 5.45. The summed E-state index contributed by atoms with van der Waals surface area (Å²) in [7, 11) is 0. The molecule has 0 rings (SSSR count). The van der Waals surface area contributed by atoms with Crippen molar-refractivity contribution in [3.8, 4) is 0 Å². The molecule has 0 fully saturated rings. The van der Waals surface area contributed by atoms with Crippen molar-refractivity contribution < 1.29 is 19.0 Å². The molecule has 2 N–H and O–H groups in total. The van der Waals surface area contributed by atoms with Crippen LogP contribution >= 0.6 is 0 Å². The van der Waals surface area contributed by atoms with Gasteiger partial charge in [0.1, 0.15) is 12.2 Å². The van der Waals surface area contributed by atoms with Crippen LogP contribution in [0.1, 0.15) is 46.5 Å². The molecule has 0 unspecified atom stereocenters. The van der Waals surface area contributed by atoms with Gasteiger partial charge < -0.3 is 19.9 Å². The lowest BCUT2D eigenvalue weighted by Gasteiger charge is -2.19. The Balaban J connectivity index is 3.21. The maximum Gasteiger partial charge on any atom is 0.332 e. The van der Waals surface area contributed by atoms with E-state index in [4.69, 9.17) is 19.9 Å². The minimum absolute atomic E-state index is 0.00771. The van der Waals surface area contributed by atoms with E-state index < -0.39 is 5.60 Å². The Kier molecular flexibility index (Phi) is 10.8. The predicted octanol–water partition coefficient (Wildman–Crippen LogP) is 1.88. The molecule has 0 aromatic rings. The Labute approximate surface area is 116 Å². The number of ether oxygens (including phenoxy) is 3. The molecule has 0 heterocycles. The predicted molar refractivity (Wildman–Crippen MR) is 75.0 cm³/mol. The molecule has 0 aromatic heterocycles. The lowest BCUT2D eigenvalue weighted by molar-refractivity contribution is -0.160. The third kappa shape index (κ3) is 15.3. The van der Waals surface area contributed by atoms with E-state index in [1.165, 1.54) is 0 Å². The largest absolute Gasteiger partial charge is 0.458 e. The monoisotopic (exact) mass is 275 g/mol. The fourth-order valence-electron chi connectivity index (χ4n) is 1.42. The summed E-state index contributed by atoms with van der Waals surface area (Å²) >= 11 is 0. The highest BCUT2D eigenvalue weighted by molar-refractivity contribution is 5.71. The molecule has 114 valence electrons. The molecule has 0 aliphatic carbocycles. The highest BCUT2D eigenvalue weighted by Gasteiger charge is 2.15. The van der Waals surface area contributed by atoms with Crippen molar-refractivity contribution in [1.29, 1.82) is 0 Å². The average molecular weight is 275 g/mol. The summed E-state index contributed by atoms with van der Waals surface area (Å²) in [5.74, 6) is -0.324. The summed E-state index contributed by atoms with van der Waals surface area (Å²) in [5, 5.41) is 0. The molecule has 0 radical (unpaired) electrons. The SMILES string of the molecule is CC(C)(C)OC(=O)COCCCOCCCCCN. The molecule has 0 aliphatic rings. The highest BCUT2D eigenvalue weighted by atomic mass is 16.6. The Morgan fingerprint density at radius 2 is 1.58 bits per heavy atom. The second kappa shape index (κ2) is 11.2. The summed E-state index contributed by atoms with van der Waals surface area (Å²) in [4.78, 5) is 11.3. The van der Waals surface area contributed by atoms with Crippen LogP contribution in [0.4, 0.5) is 0 Å². The number of esters is 1. The van der Waals surface area contributed by atoms with Gasteiger partial charge in [-0.3, -0.25) is 0 Å². The standard InChI is InChI=1S/C14H29NO4/c1-14(2,3)19-13(16)12-18-11-7-10-17-9-6-4-5-8-15/h4-12,15H2,1-3H3. The Hall–Kier alpha value is -0.650. The molecule has 0 aromatic carbocycles. The maximum absolute atomic E-state index is 11.3. The van der Waals surface area contributed by atoms with Gasteiger partial charge in [0.25, 0.3) is 0 Å². The lowest BCUT2D eigenvalue weighted by Crippen LogP contribution is -2.26. The molecular weight excluding hydrogens is 246 g/mol. The first kappa shape index (κ1) is 18.4. The lowest BCUT2D eigenvalue weighted by atomic mass is 10.2. The van der Waals surface area contributed by atoms with Crippen LogP contribution in [0.2, 0.25) is 0 Å². The van der Waals surface area contributed by atoms with Crippen molar-refractivity contribution in [3.05, 3.63) is 0 Å². The zero-order valence-corrected chi connectivity index (χ0v) is 12.6. The van der Waals surface area contributed by atoms with Gasteiger partial charge in [-0.25, -0.2) is 4.79 Å². The zero-order valence-electron chi connectivity index (χ0n) is 12.6. The molecule has 0 saturated carbocycles. The summed E-state index contributed by atoms with van der Waals surface area (Å²) < 4.78 is 15.8. The number of hydrogen-bond donors (Lipinski definition) is 1. The smallest absolute Gasteiger partial charge is 0.332 e. The minimum Gasteiger partial charge on any atom is -0.458 e. The van der Waals surface area contributed by atoms with Gasteiger partial charge in [-0.15, -0.1) is 0 Å². The molecule has 0 spiro atoms. The zero-order chi connectivity index (χ0) is 14.6. The van der Waals surface area contributed by atoms with Gasteiger partial charge in [0.05, 0.1) is 0 Å². The third-order valence-corrected chi connectivity index (χ3v) is 2.21. The quantitative estimate of drug-likeness (QED) is 0.460. The van der Waals surface area contributed by atoms with Gasteiger partial charge in [-0.1, -0.05) is 0 Å². The molecule has 0 bridgehead atoms. The van der Waals surface area contributed by atoms with E-state index in [0.717, 1.165) is 38.8 Å². The van der Waals surface area contributed by atoms with E-state index in [1.54, 1.807) is 0 Å². The third-order valence-electron chi connectivity index (χ3n) is 2.21. The number of hydrogen-bond acceptors (Lipinski definition) is 5. The average Bonchev–Trinajstić information content (AvgIpc) is 2.29. The first-order valence-corrected chi connectivity index (χ1v) is 7.03. The van der Waals surface area contributed by atoms with Crippen molar-refractivity contribution in [2.24, 2.45) is 5.73 Å². The Morgan fingerprint density at radius 1 is 0.947 bits per heavy atom. The van der Waals surface area contributed by atoms with Crippen molar-refractivity contribution in [2.45, 2.75) is 52.1 Å². The molecule has 0 saturated heterocycles. The first-order valence-electron chi connectivity index (χ1n) is 7.03. The fraction of sp³-hybridized carbons (Fsp3) is 0.929. The molecule has 5 nitrogen and oxygen atoms in total. The molecule has 0 atom stereocenters. The number of carbonyl (C=O) groups excluding carboxylic acids is 1. The van der Waals surface area contributed by atoms with Crippen LogP contribution in [-0.4, -0.2) is 44.5 Å². The van der Waals surface area contributed by atoms with Crippen LogP contribution in [0, 0.1) is 0 Å². The van der Waals surface area contributed by atoms with E-state index in [0.29, 0.717) is 13.2 Å². The van der Waals surface area contributed by atoms with Crippen molar-refractivity contribution >= 4 is 5.97 Å².